The first-order chi connectivity index (χ1) is 9.10. The molecule has 7 heteroatoms. The first-order valence-corrected chi connectivity index (χ1v) is 7.91. The number of nitrogens with zero attached hydrogens (tertiary/aromatic N) is 2. The number of nitrogens with one attached hydrogen (secondary N) is 2. The van der Waals surface area contributed by atoms with Gasteiger partial charge >= 0.3 is 0 Å². The van der Waals surface area contributed by atoms with Crippen LogP contribution in [0.25, 0.3) is 0 Å². The van der Waals surface area contributed by atoms with Crippen molar-refractivity contribution in [2.24, 2.45) is 5.92 Å². The molecule has 0 saturated carbocycles. The highest BCUT2D eigenvalue weighted by Crippen LogP contribution is 2.22. The van der Waals surface area contributed by atoms with Gasteiger partial charge in [-0.25, -0.2) is 9.97 Å². The monoisotopic (exact) mass is 390 g/mol. The molecule has 1 aromatic rings. The van der Waals surface area contributed by atoms with E-state index in [2.05, 4.69) is 59.4 Å². The van der Waals surface area contributed by atoms with Gasteiger partial charge in [0, 0.05) is 0 Å². The van der Waals surface area contributed by atoms with Crippen molar-refractivity contribution < 1.29 is 4.79 Å². The van der Waals surface area contributed by atoms with Gasteiger partial charge in [-0.2, -0.15) is 0 Å². The summed E-state index contributed by atoms with van der Waals surface area (Å²) in [6.45, 7) is 3.06. The molecule has 104 valence electrons. The van der Waals surface area contributed by atoms with Gasteiger partial charge in [-0.05, 0) is 57.2 Å². The first kappa shape index (κ1) is 14.9. The van der Waals surface area contributed by atoms with E-state index in [0.29, 0.717) is 20.9 Å². The summed E-state index contributed by atoms with van der Waals surface area (Å²) < 4.78 is 1.15. The van der Waals surface area contributed by atoms with Crippen LogP contribution in [0.15, 0.2) is 15.4 Å². The number of anilines is 1. The third kappa shape index (κ3) is 3.97. The molecule has 2 rings (SSSR count). The third-order valence-corrected chi connectivity index (χ3v) is 4.28. The lowest BCUT2D eigenvalue weighted by Crippen LogP contribution is -2.46. The number of hydrogen-bond acceptors (Lipinski definition) is 4. The van der Waals surface area contributed by atoms with Gasteiger partial charge in [0.25, 0.3) is 0 Å². The van der Waals surface area contributed by atoms with E-state index in [1.165, 1.54) is 0 Å². The van der Waals surface area contributed by atoms with Gasteiger partial charge in [0.1, 0.15) is 9.21 Å². The summed E-state index contributed by atoms with van der Waals surface area (Å²) in [5.74, 6) is 1.03. The first-order valence-electron chi connectivity index (χ1n) is 6.32. The molecule has 5 nitrogen and oxygen atoms in total. The van der Waals surface area contributed by atoms with Gasteiger partial charge in [0.15, 0.2) is 5.82 Å². The highest BCUT2D eigenvalue weighted by Gasteiger charge is 2.26. The Bertz CT molecular complexity index is 469. The van der Waals surface area contributed by atoms with Crippen molar-refractivity contribution in [3.63, 3.8) is 0 Å². The van der Waals surface area contributed by atoms with Crippen LogP contribution >= 0.6 is 31.9 Å². The number of aromatic nitrogens is 2. The van der Waals surface area contributed by atoms with E-state index in [-0.39, 0.29) is 11.9 Å². The molecule has 1 amide bonds. The van der Waals surface area contributed by atoms with Crippen LogP contribution in [0.5, 0.6) is 0 Å². The van der Waals surface area contributed by atoms with Gasteiger partial charge in [0.05, 0.1) is 12.2 Å². The van der Waals surface area contributed by atoms with Gasteiger partial charge in [0.2, 0.25) is 5.91 Å². The Morgan fingerprint density at radius 2 is 2.37 bits per heavy atom. The van der Waals surface area contributed by atoms with Crippen molar-refractivity contribution in [3.05, 3.63) is 15.4 Å². The molecular weight excluding hydrogens is 376 g/mol. The summed E-state index contributed by atoms with van der Waals surface area (Å²) in [5.41, 5.74) is 0. The fraction of sp³-hybridized carbons (Fsp3) is 0.583. The molecule has 1 saturated heterocycles. The molecule has 1 aliphatic heterocycles. The van der Waals surface area contributed by atoms with Crippen molar-refractivity contribution in [2.75, 3.05) is 11.9 Å². The Kier molecular flexibility index (Phi) is 5.29. The minimum atomic E-state index is -0.143. The van der Waals surface area contributed by atoms with Crippen LogP contribution in [0.4, 0.5) is 5.82 Å². The summed E-state index contributed by atoms with van der Waals surface area (Å²) >= 11 is 6.51. The molecule has 1 aliphatic rings. The molecule has 0 aromatic carbocycles. The molecule has 2 unspecified atom stereocenters. The SMILES string of the molecule is CCC1CCNC(C(=O)Nc2ncc(Br)nc2Br)C1. The quantitative estimate of drug-likeness (QED) is 0.831. The van der Waals surface area contributed by atoms with E-state index >= 15 is 0 Å². The zero-order valence-corrected chi connectivity index (χ0v) is 13.8. The highest BCUT2D eigenvalue weighted by molar-refractivity contribution is 9.11. The summed E-state index contributed by atoms with van der Waals surface area (Å²) in [4.78, 5) is 20.5. The lowest BCUT2D eigenvalue weighted by molar-refractivity contribution is -0.119. The fourth-order valence-electron chi connectivity index (χ4n) is 2.20. The van der Waals surface area contributed by atoms with Crippen LogP contribution in [0.2, 0.25) is 0 Å². The van der Waals surface area contributed by atoms with Crippen molar-refractivity contribution in [2.45, 2.75) is 32.2 Å². The van der Waals surface area contributed by atoms with Crippen LogP contribution in [0, 0.1) is 5.92 Å². The average Bonchev–Trinajstić information content (AvgIpc) is 2.42. The number of carbonyl (C=O) groups is 1. The standard InChI is InChI=1S/C12H16Br2N4O/c1-2-7-3-4-15-8(5-7)12(19)18-11-10(14)17-9(13)6-16-11/h6-8,15H,2-5H2,1H3,(H,16,18,19). The molecule has 2 N–H and O–H groups in total. The minimum absolute atomic E-state index is 0.0459. The normalized spacial score (nSPS) is 23.1. The number of hydrogen-bond donors (Lipinski definition) is 2. The summed E-state index contributed by atoms with van der Waals surface area (Å²) in [6.07, 6.45) is 4.70. The smallest absolute Gasteiger partial charge is 0.242 e. The van der Waals surface area contributed by atoms with E-state index in [1.807, 2.05) is 0 Å². The minimum Gasteiger partial charge on any atom is -0.307 e. The van der Waals surface area contributed by atoms with Crippen molar-refractivity contribution in [1.29, 1.82) is 0 Å². The second kappa shape index (κ2) is 6.76. The summed E-state index contributed by atoms with van der Waals surface area (Å²) in [6, 6.07) is -0.143. The van der Waals surface area contributed by atoms with Crippen LogP contribution in [0.1, 0.15) is 26.2 Å². The second-order valence-corrected chi connectivity index (χ2v) is 6.19. The zero-order valence-electron chi connectivity index (χ0n) is 10.6. The molecular formula is C12H16Br2N4O. The van der Waals surface area contributed by atoms with Crippen LogP contribution in [0.3, 0.4) is 0 Å². The second-order valence-electron chi connectivity index (χ2n) is 4.63. The number of halogens is 2. The van der Waals surface area contributed by atoms with Gasteiger partial charge in [-0.1, -0.05) is 13.3 Å². The third-order valence-electron chi connectivity index (χ3n) is 3.35. The Balaban J connectivity index is 2.00. The van der Waals surface area contributed by atoms with Crippen molar-refractivity contribution in [3.8, 4) is 0 Å². The highest BCUT2D eigenvalue weighted by atomic mass is 79.9. The predicted octanol–water partition coefficient (Wildman–Crippen LogP) is 2.72. The Morgan fingerprint density at radius 1 is 1.58 bits per heavy atom. The Morgan fingerprint density at radius 3 is 3.05 bits per heavy atom. The average molecular weight is 392 g/mol. The lowest BCUT2D eigenvalue weighted by atomic mass is 9.90. The number of amides is 1. The molecule has 0 spiro atoms. The maximum Gasteiger partial charge on any atom is 0.242 e. The largest absolute Gasteiger partial charge is 0.307 e. The fourth-order valence-corrected chi connectivity index (χ4v) is 3.11. The molecule has 19 heavy (non-hydrogen) atoms. The molecule has 2 heterocycles. The van der Waals surface area contributed by atoms with E-state index in [0.717, 1.165) is 25.8 Å². The summed E-state index contributed by atoms with van der Waals surface area (Å²) in [5, 5.41) is 6.06. The van der Waals surface area contributed by atoms with Crippen LogP contribution < -0.4 is 10.6 Å². The van der Waals surface area contributed by atoms with Gasteiger partial charge in [-0.3, -0.25) is 4.79 Å². The Labute approximate surface area is 129 Å². The Hall–Kier alpha value is -0.530. The molecule has 1 aromatic heterocycles. The van der Waals surface area contributed by atoms with E-state index in [4.69, 9.17) is 0 Å². The number of rotatable bonds is 3. The maximum absolute atomic E-state index is 12.2. The van der Waals surface area contributed by atoms with Crippen LogP contribution in [-0.2, 0) is 4.79 Å². The van der Waals surface area contributed by atoms with E-state index in [1.54, 1.807) is 6.20 Å². The molecule has 0 aliphatic carbocycles. The molecule has 1 fully saturated rings. The van der Waals surface area contributed by atoms with Crippen LogP contribution in [-0.4, -0.2) is 28.5 Å². The molecule has 0 bridgehead atoms. The summed E-state index contributed by atoms with van der Waals surface area (Å²) in [7, 11) is 0. The molecule has 2 atom stereocenters. The lowest BCUT2D eigenvalue weighted by Gasteiger charge is -2.28. The topological polar surface area (TPSA) is 66.9 Å². The number of piperidine rings is 1. The predicted molar refractivity (Wildman–Crippen MR) is 80.9 cm³/mol. The van der Waals surface area contributed by atoms with Gasteiger partial charge < -0.3 is 10.6 Å². The van der Waals surface area contributed by atoms with E-state index < -0.39 is 0 Å². The number of carbonyl (C=O) groups excluding carboxylic acids is 1. The van der Waals surface area contributed by atoms with Gasteiger partial charge in [-0.15, -0.1) is 0 Å². The van der Waals surface area contributed by atoms with Crippen molar-refractivity contribution in [1.82, 2.24) is 15.3 Å². The van der Waals surface area contributed by atoms with E-state index in [9.17, 15) is 4.79 Å². The molecule has 0 radical (unpaired) electrons. The van der Waals surface area contributed by atoms with Crippen molar-refractivity contribution >= 4 is 43.6 Å². The zero-order chi connectivity index (χ0) is 13.8. The maximum atomic E-state index is 12.2.